The van der Waals surface area contributed by atoms with Crippen molar-refractivity contribution >= 4 is 34.8 Å². The number of amides is 2. The van der Waals surface area contributed by atoms with Crippen molar-refractivity contribution in [2.45, 2.75) is 25.8 Å². The van der Waals surface area contributed by atoms with Gasteiger partial charge in [0.15, 0.2) is 0 Å². The van der Waals surface area contributed by atoms with Crippen molar-refractivity contribution in [3.05, 3.63) is 87.6 Å². The van der Waals surface area contributed by atoms with Gasteiger partial charge in [0.05, 0.1) is 24.6 Å². The molecule has 0 unspecified atom stereocenters. The van der Waals surface area contributed by atoms with Crippen LogP contribution in [0.15, 0.2) is 66.0 Å². The number of thiophene rings is 1. The molecule has 0 saturated heterocycles. The first-order chi connectivity index (χ1) is 15.9. The Morgan fingerprint density at radius 2 is 1.79 bits per heavy atom. The number of nitrogens with one attached hydrogen (secondary N) is 1. The van der Waals surface area contributed by atoms with Crippen molar-refractivity contribution in [1.82, 2.24) is 4.90 Å². The molecule has 1 aliphatic rings. The SMILES string of the molecule is COC(=O)c1ccc(NC(=O)[C@H]2c3ccccc3C(=O)N(CC(C)C)[C@@H]2c2cccs2)cc1. The Kier molecular flexibility index (Phi) is 6.60. The second-order valence-corrected chi connectivity index (χ2v) is 9.41. The average molecular weight is 463 g/mol. The fraction of sp³-hybridized carbons (Fsp3) is 0.269. The molecule has 0 fully saturated rings. The lowest BCUT2D eigenvalue weighted by atomic mass is 9.81. The van der Waals surface area contributed by atoms with E-state index in [-0.39, 0.29) is 17.7 Å². The number of hydrogen-bond donors (Lipinski definition) is 1. The van der Waals surface area contributed by atoms with E-state index in [9.17, 15) is 14.4 Å². The van der Waals surface area contributed by atoms with Gasteiger partial charge in [0.25, 0.3) is 5.91 Å². The predicted octanol–water partition coefficient (Wildman–Crippen LogP) is 5.11. The molecule has 33 heavy (non-hydrogen) atoms. The summed E-state index contributed by atoms with van der Waals surface area (Å²) >= 11 is 1.55. The average Bonchev–Trinajstić information content (AvgIpc) is 3.35. The van der Waals surface area contributed by atoms with Crippen LogP contribution in [0.3, 0.4) is 0 Å². The summed E-state index contributed by atoms with van der Waals surface area (Å²) in [5, 5.41) is 4.96. The molecule has 1 aliphatic heterocycles. The molecular weight excluding hydrogens is 436 g/mol. The summed E-state index contributed by atoms with van der Waals surface area (Å²) in [4.78, 5) is 41.7. The summed E-state index contributed by atoms with van der Waals surface area (Å²) in [6.45, 7) is 4.68. The highest BCUT2D eigenvalue weighted by molar-refractivity contribution is 7.10. The molecule has 0 aliphatic carbocycles. The number of hydrogen-bond acceptors (Lipinski definition) is 5. The molecular formula is C26H26N2O4S. The Balaban J connectivity index is 1.74. The molecule has 3 aromatic rings. The second kappa shape index (κ2) is 9.58. The lowest BCUT2D eigenvalue weighted by Crippen LogP contribution is -2.47. The fourth-order valence-electron chi connectivity index (χ4n) is 4.27. The predicted molar refractivity (Wildman–Crippen MR) is 129 cm³/mol. The van der Waals surface area contributed by atoms with Gasteiger partial charge >= 0.3 is 5.97 Å². The first kappa shape index (κ1) is 22.7. The monoisotopic (exact) mass is 462 g/mol. The number of benzene rings is 2. The van der Waals surface area contributed by atoms with Crippen LogP contribution in [0, 0.1) is 5.92 Å². The molecule has 2 amide bonds. The largest absolute Gasteiger partial charge is 0.465 e. The van der Waals surface area contributed by atoms with E-state index in [1.165, 1.54) is 7.11 Å². The first-order valence-corrected chi connectivity index (χ1v) is 11.7. The van der Waals surface area contributed by atoms with Crippen molar-refractivity contribution in [2.24, 2.45) is 5.92 Å². The zero-order chi connectivity index (χ0) is 23.5. The first-order valence-electron chi connectivity index (χ1n) is 10.8. The summed E-state index contributed by atoms with van der Waals surface area (Å²) in [6.07, 6.45) is 0. The van der Waals surface area contributed by atoms with Gasteiger partial charge in [-0.1, -0.05) is 38.1 Å². The summed E-state index contributed by atoms with van der Waals surface area (Å²) in [5.41, 5.74) is 2.27. The van der Waals surface area contributed by atoms with Crippen LogP contribution in [0.2, 0.25) is 0 Å². The number of esters is 1. The fourth-order valence-corrected chi connectivity index (χ4v) is 5.15. The van der Waals surface area contributed by atoms with Crippen molar-refractivity contribution < 1.29 is 19.1 Å². The molecule has 0 bridgehead atoms. The Morgan fingerprint density at radius 1 is 1.06 bits per heavy atom. The minimum absolute atomic E-state index is 0.0517. The highest BCUT2D eigenvalue weighted by Crippen LogP contribution is 2.44. The highest BCUT2D eigenvalue weighted by atomic mass is 32.1. The van der Waals surface area contributed by atoms with Gasteiger partial charge in [-0.25, -0.2) is 4.79 Å². The van der Waals surface area contributed by atoms with Crippen LogP contribution in [0.4, 0.5) is 5.69 Å². The Labute approximate surface area is 197 Å². The number of carbonyl (C=O) groups is 3. The van der Waals surface area contributed by atoms with Gasteiger partial charge < -0.3 is 15.0 Å². The zero-order valence-electron chi connectivity index (χ0n) is 18.8. The highest BCUT2D eigenvalue weighted by Gasteiger charge is 2.44. The van der Waals surface area contributed by atoms with E-state index >= 15 is 0 Å². The molecule has 1 N–H and O–H groups in total. The molecule has 2 aromatic carbocycles. The molecule has 2 atom stereocenters. The molecule has 0 radical (unpaired) electrons. The maximum absolute atomic E-state index is 13.7. The molecule has 0 saturated carbocycles. The van der Waals surface area contributed by atoms with E-state index in [1.54, 1.807) is 41.7 Å². The third-order valence-corrected chi connectivity index (χ3v) is 6.63. The molecule has 2 heterocycles. The molecule has 0 spiro atoms. The summed E-state index contributed by atoms with van der Waals surface area (Å²) in [6, 6.07) is 17.5. The van der Waals surface area contributed by atoms with Gasteiger partial charge in [0, 0.05) is 22.7 Å². The lowest BCUT2D eigenvalue weighted by molar-refractivity contribution is -0.119. The number of fused-ring (bicyclic) bond motifs is 1. The summed E-state index contributed by atoms with van der Waals surface area (Å²) in [7, 11) is 1.33. The minimum Gasteiger partial charge on any atom is -0.465 e. The van der Waals surface area contributed by atoms with E-state index in [4.69, 9.17) is 4.74 Å². The smallest absolute Gasteiger partial charge is 0.337 e. The standard InChI is InChI=1S/C26H26N2O4S/c1-16(2)15-28-23(21-9-6-14-33-21)22(19-7-4-5-8-20(19)25(28)30)24(29)27-18-12-10-17(11-13-18)26(31)32-3/h4-14,16,22-23H,15H2,1-3H3,(H,27,29)/t22-,23+/m0/s1. The molecule has 1 aromatic heterocycles. The van der Waals surface area contributed by atoms with E-state index < -0.39 is 17.9 Å². The van der Waals surface area contributed by atoms with E-state index in [0.717, 1.165) is 10.4 Å². The van der Waals surface area contributed by atoms with Crippen molar-refractivity contribution in [2.75, 3.05) is 19.0 Å². The Morgan fingerprint density at radius 3 is 2.42 bits per heavy atom. The number of carbonyl (C=O) groups excluding carboxylic acids is 3. The van der Waals surface area contributed by atoms with Crippen LogP contribution in [0.25, 0.3) is 0 Å². The van der Waals surface area contributed by atoms with Gasteiger partial charge in [-0.2, -0.15) is 0 Å². The van der Waals surface area contributed by atoms with E-state index in [0.29, 0.717) is 23.4 Å². The number of methoxy groups -OCH3 is 1. The lowest BCUT2D eigenvalue weighted by Gasteiger charge is -2.42. The van der Waals surface area contributed by atoms with Crippen LogP contribution in [-0.2, 0) is 9.53 Å². The van der Waals surface area contributed by atoms with Gasteiger partial charge in [-0.15, -0.1) is 11.3 Å². The number of anilines is 1. The molecule has 170 valence electrons. The molecule has 7 heteroatoms. The van der Waals surface area contributed by atoms with Crippen molar-refractivity contribution in [1.29, 1.82) is 0 Å². The number of rotatable bonds is 6. The summed E-state index contributed by atoms with van der Waals surface area (Å²) in [5.74, 6) is -1.01. The quantitative estimate of drug-likeness (QED) is 0.517. The third-order valence-electron chi connectivity index (χ3n) is 5.69. The van der Waals surface area contributed by atoms with Crippen LogP contribution < -0.4 is 5.32 Å². The van der Waals surface area contributed by atoms with E-state index in [1.807, 2.05) is 40.6 Å². The van der Waals surface area contributed by atoms with Crippen LogP contribution in [-0.4, -0.2) is 36.3 Å². The van der Waals surface area contributed by atoms with Gasteiger partial charge in [-0.3, -0.25) is 9.59 Å². The Bertz CT molecular complexity index is 1160. The normalized spacial score (nSPS) is 17.6. The topological polar surface area (TPSA) is 75.7 Å². The number of nitrogens with zero attached hydrogens (tertiary/aromatic N) is 1. The molecule has 4 rings (SSSR count). The van der Waals surface area contributed by atoms with Crippen LogP contribution >= 0.6 is 11.3 Å². The van der Waals surface area contributed by atoms with Gasteiger partial charge in [0.2, 0.25) is 5.91 Å². The van der Waals surface area contributed by atoms with Gasteiger partial charge in [-0.05, 0) is 53.3 Å². The van der Waals surface area contributed by atoms with Crippen molar-refractivity contribution in [3.8, 4) is 0 Å². The van der Waals surface area contributed by atoms with Crippen molar-refractivity contribution in [3.63, 3.8) is 0 Å². The van der Waals surface area contributed by atoms with Gasteiger partial charge in [0.1, 0.15) is 0 Å². The zero-order valence-corrected chi connectivity index (χ0v) is 19.6. The Hall–Kier alpha value is -3.45. The van der Waals surface area contributed by atoms with Crippen LogP contribution in [0.5, 0.6) is 0 Å². The second-order valence-electron chi connectivity index (χ2n) is 8.43. The number of ether oxygens (including phenoxy) is 1. The molecule has 6 nitrogen and oxygen atoms in total. The summed E-state index contributed by atoms with van der Waals surface area (Å²) < 4.78 is 4.74. The van der Waals surface area contributed by atoms with E-state index in [2.05, 4.69) is 19.2 Å². The maximum Gasteiger partial charge on any atom is 0.337 e. The van der Waals surface area contributed by atoms with Crippen LogP contribution in [0.1, 0.15) is 57.0 Å². The maximum atomic E-state index is 13.7. The third kappa shape index (κ3) is 4.54. The minimum atomic E-state index is -0.573.